The van der Waals surface area contributed by atoms with E-state index in [1.165, 1.54) is 0 Å². The molecule has 0 bridgehead atoms. The minimum atomic E-state index is -0.0773. The van der Waals surface area contributed by atoms with Crippen LogP contribution in [-0.2, 0) is 0 Å². The second-order valence-corrected chi connectivity index (χ2v) is 4.95. The molecule has 20 heavy (non-hydrogen) atoms. The molecule has 0 aliphatic heterocycles. The van der Waals surface area contributed by atoms with Gasteiger partial charge in [-0.2, -0.15) is 5.10 Å². The molecule has 5 nitrogen and oxygen atoms in total. The number of nitrogens with one attached hydrogen (secondary N) is 1. The van der Waals surface area contributed by atoms with Crippen LogP contribution in [0.25, 0.3) is 5.69 Å². The van der Waals surface area contributed by atoms with Crippen LogP contribution in [0.4, 0.5) is 0 Å². The molecular formula is C15H20N4O. The Morgan fingerprint density at radius 1 is 1.30 bits per heavy atom. The summed E-state index contributed by atoms with van der Waals surface area (Å²) in [5, 5.41) is 7.20. The number of hydrogen-bond acceptors (Lipinski definition) is 3. The van der Waals surface area contributed by atoms with E-state index in [-0.39, 0.29) is 5.91 Å². The second-order valence-electron chi connectivity index (χ2n) is 4.95. The van der Waals surface area contributed by atoms with Crippen LogP contribution in [0.5, 0.6) is 0 Å². The maximum absolute atomic E-state index is 12.1. The molecule has 0 saturated heterocycles. The Balaban J connectivity index is 2.11. The number of carbonyl (C=O) groups is 1. The molecule has 2 rings (SSSR count). The van der Waals surface area contributed by atoms with E-state index in [2.05, 4.69) is 10.4 Å². The Morgan fingerprint density at radius 2 is 2.00 bits per heavy atom. The standard InChI is InChI=1S/C15H20N4O/c1-12-14(15(20)16-9-10-18(2)3)11-17-19(12)13-7-5-4-6-8-13/h4-8,11H,9-10H2,1-3H3,(H,16,20). The molecule has 1 aromatic carbocycles. The van der Waals surface area contributed by atoms with E-state index in [9.17, 15) is 4.79 Å². The summed E-state index contributed by atoms with van der Waals surface area (Å²) in [5.74, 6) is -0.0773. The van der Waals surface area contributed by atoms with Gasteiger partial charge in [0, 0.05) is 13.1 Å². The van der Waals surface area contributed by atoms with Crippen LogP contribution in [0.3, 0.4) is 0 Å². The number of carbonyl (C=O) groups excluding carboxylic acids is 1. The zero-order chi connectivity index (χ0) is 14.5. The van der Waals surface area contributed by atoms with E-state index >= 15 is 0 Å². The van der Waals surface area contributed by atoms with E-state index in [4.69, 9.17) is 0 Å². The summed E-state index contributed by atoms with van der Waals surface area (Å²) in [6, 6.07) is 9.79. The largest absolute Gasteiger partial charge is 0.351 e. The number of likely N-dealkylation sites (N-methyl/N-ethyl adjacent to an activating group) is 1. The van der Waals surface area contributed by atoms with Gasteiger partial charge in [-0.05, 0) is 33.2 Å². The lowest BCUT2D eigenvalue weighted by Gasteiger charge is -2.10. The second kappa shape index (κ2) is 6.34. The van der Waals surface area contributed by atoms with Gasteiger partial charge < -0.3 is 10.2 Å². The highest BCUT2D eigenvalue weighted by atomic mass is 16.1. The van der Waals surface area contributed by atoms with Crippen LogP contribution in [-0.4, -0.2) is 47.8 Å². The first-order chi connectivity index (χ1) is 9.59. The van der Waals surface area contributed by atoms with E-state index in [1.807, 2.05) is 56.3 Å². The summed E-state index contributed by atoms with van der Waals surface area (Å²) < 4.78 is 1.78. The number of nitrogens with zero attached hydrogens (tertiary/aromatic N) is 3. The molecule has 0 unspecified atom stereocenters. The minimum absolute atomic E-state index is 0.0773. The van der Waals surface area contributed by atoms with E-state index in [1.54, 1.807) is 10.9 Å². The lowest BCUT2D eigenvalue weighted by Crippen LogP contribution is -2.31. The first-order valence-electron chi connectivity index (χ1n) is 6.62. The molecule has 1 amide bonds. The number of amides is 1. The molecule has 0 saturated carbocycles. The van der Waals surface area contributed by atoms with Crippen molar-refractivity contribution in [2.24, 2.45) is 0 Å². The fourth-order valence-corrected chi connectivity index (χ4v) is 1.95. The van der Waals surface area contributed by atoms with Crippen LogP contribution < -0.4 is 5.32 Å². The van der Waals surface area contributed by atoms with E-state index < -0.39 is 0 Å². The highest BCUT2D eigenvalue weighted by molar-refractivity contribution is 5.95. The zero-order valence-electron chi connectivity index (χ0n) is 12.1. The van der Waals surface area contributed by atoms with Gasteiger partial charge in [-0.15, -0.1) is 0 Å². The summed E-state index contributed by atoms with van der Waals surface area (Å²) in [6.45, 7) is 3.35. The first kappa shape index (κ1) is 14.3. The molecule has 2 aromatic rings. The van der Waals surface area contributed by atoms with Crippen LogP contribution in [0.2, 0.25) is 0 Å². The SMILES string of the molecule is Cc1c(C(=O)NCCN(C)C)cnn1-c1ccccc1. The molecule has 1 aromatic heterocycles. The van der Waals surface area contributed by atoms with Crippen LogP contribution >= 0.6 is 0 Å². The van der Waals surface area contributed by atoms with Gasteiger partial charge in [0.2, 0.25) is 0 Å². The maximum atomic E-state index is 12.1. The molecule has 5 heteroatoms. The third-order valence-electron chi connectivity index (χ3n) is 3.10. The molecule has 0 spiro atoms. The van der Waals surface area contributed by atoms with Gasteiger partial charge in [0.1, 0.15) is 0 Å². The van der Waals surface area contributed by atoms with Crippen LogP contribution in [0.15, 0.2) is 36.5 Å². The van der Waals surface area contributed by atoms with E-state index in [0.717, 1.165) is 17.9 Å². The molecule has 0 aliphatic carbocycles. The summed E-state index contributed by atoms with van der Waals surface area (Å²) in [7, 11) is 3.95. The van der Waals surface area contributed by atoms with Gasteiger partial charge in [-0.25, -0.2) is 4.68 Å². The van der Waals surface area contributed by atoms with E-state index in [0.29, 0.717) is 12.1 Å². The van der Waals surface area contributed by atoms with Crippen molar-refractivity contribution in [3.8, 4) is 5.69 Å². The Kier molecular flexibility index (Phi) is 4.53. The summed E-state index contributed by atoms with van der Waals surface area (Å²) in [5.41, 5.74) is 2.42. The van der Waals surface area contributed by atoms with Crippen LogP contribution in [0, 0.1) is 6.92 Å². The Bertz CT molecular complexity index is 575. The summed E-state index contributed by atoms with van der Waals surface area (Å²) >= 11 is 0. The van der Waals surface area contributed by atoms with Crippen molar-refractivity contribution in [2.45, 2.75) is 6.92 Å². The Labute approximate surface area is 119 Å². The molecule has 106 valence electrons. The third-order valence-corrected chi connectivity index (χ3v) is 3.10. The van der Waals surface area contributed by atoms with Gasteiger partial charge in [-0.3, -0.25) is 4.79 Å². The van der Waals surface area contributed by atoms with Crippen molar-refractivity contribution >= 4 is 5.91 Å². The fourth-order valence-electron chi connectivity index (χ4n) is 1.95. The normalized spacial score (nSPS) is 10.8. The number of rotatable bonds is 5. The number of aromatic nitrogens is 2. The Hall–Kier alpha value is -2.14. The van der Waals surface area contributed by atoms with Crippen molar-refractivity contribution in [3.63, 3.8) is 0 Å². The lowest BCUT2D eigenvalue weighted by molar-refractivity contribution is 0.0950. The van der Waals surface area contributed by atoms with Crippen molar-refractivity contribution in [2.75, 3.05) is 27.2 Å². The predicted octanol–water partition coefficient (Wildman–Crippen LogP) is 1.47. The molecular weight excluding hydrogens is 252 g/mol. The lowest BCUT2D eigenvalue weighted by atomic mass is 10.2. The van der Waals surface area contributed by atoms with Crippen molar-refractivity contribution in [3.05, 3.63) is 47.8 Å². The number of benzene rings is 1. The summed E-state index contributed by atoms with van der Waals surface area (Å²) in [6.07, 6.45) is 1.62. The van der Waals surface area contributed by atoms with Gasteiger partial charge in [-0.1, -0.05) is 18.2 Å². The number of para-hydroxylation sites is 1. The summed E-state index contributed by atoms with van der Waals surface area (Å²) in [4.78, 5) is 14.1. The minimum Gasteiger partial charge on any atom is -0.351 e. The van der Waals surface area contributed by atoms with Crippen molar-refractivity contribution < 1.29 is 4.79 Å². The molecule has 0 aliphatic rings. The molecule has 0 fully saturated rings. The topological polar surface area (TPSA) is 50.2 Å². The highest BCUT2D eigenvalue weighted by Gasteiger charge is 2.14. The van der Waals surface area contributed by atoms with Gasteiger partial charge in [0.05, 0.1) is 23.1 Å². The van der Waals surface area contributed by atoms with Crippen molar-refractivity contribution in [1.82, 2.24) is 20.0 Å². The predicted molar refractivity (Wildman–Crippen MR) is 79.2 cm³/mol. The molecule has 0 atom stereocenters. The van der Waals surface area contributed by atoms with Gasteiger partial charge in [0.25, 0.3) is 5.91 Å². The Morgan fingerprint density at radius 3 is 2.65 bits per heavy atom. The maximum Gasteiger partial charge on any atom is 0.254 e. The quantitative estimate of drug-likeness (QED) is 0.897. The highest BCUT2D eigenvalue weighted by Crippen LogP contribution is 2.13. The van der Waals surface area contributed by atoms with Gasteiger partial charge >= 0.3 is 0 Å². The number of hydrogen-bond donors (Lipinski definition) is 1. The average Bonchev–Trinajstić information content (AvgIpc) is 2.81. The smallest absolute Gasteiger partial charge is 0.254 e. The molecule has 0 radical (unpaired) electrons. The van der Waals surface area contributed by atoms with Crippen LogP contribution in [0.1, 0.15) is 16.1 Å². The monoisotopic (exact) mass is 272 g/mol. The van der Waals surface area contributed by atoms with Crippen molar-refractivity contribution in [1.29, 1.82) is 0 Å². The van der Waals surface area contributed by atoms with Gasteiger partial charge in [0.15, 0.2) is 0 Å². The molecule has 1 N–H and O–H groups in total. The molecule has 1 heterocycles. The zero-order valence-corrected chi connectivity index (χ0v) is 12.1. The fraction of sp³-hybridized carbons (Fsp3) is 0.333. The third kappa shape index (κ3) is 3.24. The first-order valence-corrected chi connectivity index (χ1v) is 6.62. The average molecular weight is 272 g/mol.